The SMILES string of the molecule is C=CC(=O)c1cccc(-c2ccc(O)c(OC)c2)c1. The van der Waals surface area contributed by atoms with Crippen molar-refractivity contribution < 1.29 is 14.6 Å². The molecule has 0 radical (unpaired) electrons. The van der Waals surface area contributed by atoms with Crippen molar-refractivity contribution >= 4 is 5.78 Å². The van der Waals surface area contributed by atoms with E-state index in [2.05, 4.69) is 6.58 Å². The molecule has 19 heavy (non-hydrogen) atoms. The van der Waals surface area contributed by atoms with E-state index in [-0.39, 0.29) is 11.5 Å². The molecule has 0 bridgehead atoms. The first-order chi connectivity index (χ1) is 9.15. The first-order valence-electron chi connectivity index (χ1n) is 5.80. The number of methoxy groups -OCH3 is 1. The van der Waals surface area contributed by atoms with Gasteiger partial charge in [-0.15, -0.1) is 0 Å². The van der Waals surface area contributed by atoms with Crippen molar-refractivity contribution in [3.05, 3.63) is 60.7 Å². The lowest BCUT2D eigenvalue weighted by Crippen LogP contribution is -1.93. The Labute approximate surface area is 111 Å². The monoisotopic (exact) mass is 254 g/mol. The van der Waals surface area contributed by atoms with Crippen molar-refractivity contribution in [3.8, 4) is 22.6 Å². The minimum Gasteiger partial charge on any atom is -0.504 e. The zero-order chi connectivity index (χ0) is 13.8. The van der Waals surface area contributed by atoms with Crippen molar-refractivity contribution in [1.82, 2.24) is 0 Å². The molecule has 2 aromatic carbocycles. The van der Waals surface area contributed by atoms with E-state index in [1.807, 2.05) is 12.1 Å². The highest BCUT2D eigenvalue weighted by Gasteiger charge is 2.07. The van der Waals surface area contributed by atoms with E-state index < -0.39 is 0 Å². The molecule has 3 heteroatoms. The predicted octanol–water partition coefficient (Wildman–Crippen LogP) is 3.44. The summed E-state index contributed by atoms with van der Waals surface area (Å²) in [7, 11) is 1.50. The first kappa shape index (κ1) is 12.9. The van der Waals surface area contributed by atoms with E-state index in [0.29, 0.717) is 11.3 Å². The van der Waals surface area contributed by atoms with Crippen molar-refractivity contribution in [3.63, 3.8) is 0 Å². The number of phenols is 1. The normalized spacial score (nSPS) is 9.95. The Balaban J connectivity index is 2.47. The molecule has 3 nitrogen and oxygen atoms in total. The lowest BCUT2D eigenvalue weighted by molar-refractivity contribution is 0.104. The summed E-state index contributed by atoms with van der Waals surface area (Å²) < 4.78 is 5.07. The van der Waals surface area contributed by atoms with E-state index in [1.54, 1.807) is 30.3 Å². The van der Waals surface area contributed by atoms with Crippen LogP contribution in [0.5, 0.6) is 11.5 Å². The maximum atomic E-state index is 11.6. The van der Waals surface area contributed by atoms with E-state index >= 15 is 0 Å². The van der Waals surface area contributed by atoms with Crippen LogP contribution in [-0.4, -0.2) is 18.0 Å². The summed E-state index contributed by atoms with van der Waals surface area (Å²) >= 11 is 0. The molecule has 0 spiro atoms. The van der Waals surface area contributed by atoms with Gasteiger partial charge in [0.05, 0.1) is 7.11 Å². The zero-order valence-corrected chi connectivity index (χ0v) is 10.6. The molecule has 0 unspecified atom stereocenters. The fourth-order valence-corrected chi connectivity index (χ4v) is 1.83. The second-order valence-electron chi connectivity index (χ2n) is 4.04. The van der Waals surface area contributed by atoms with Gasteiger partial charge >= 0.3 is 0 Å². The van der Waals surface area contributed by atoms with Crippen LogP contribution in [0.2, 0.25) is 0 Å². The summed E-state index contributed by atoms with van der Waals surface area (Å²) in [6.45, 7) is 3.48. The number of hydrogen-bond donors (Lipinski definition) is 1. The van der Waals surface area contributed by atoms with Gasteiger partial charge in [-0.3, -0.25) is 4.79 Å². The zero-order valence-electron chi connectivity index (χ0n) is 10.6. The van der Waals surface area contributed by atoms with E-state index in [0.717, 1.165) is 11.1 Å². The van der Waals surface area contributed by atoms with Gasteiger partial charge in [0.2, 0.25) is 0 Å². The molecule has 0 saturated carbocycles. The van der Waals surface area contributed by atoms with Gasteiger partial charge in [0.25, 0.3) is 0 Å². The van der Waals surface area contributed by atoms with Crippen LogP contribution in [0, 0.1) is 0 Å². The summed E-state index contributed by atoms with van der Waals surface area (Å²) in [4.78, 5) is 11.6. The van der Waals surface area contributed by atoms with Gasteiger partial charge in [-0.1, -0.05) is 30.8 Å². The van der Waals surface area contributed by atoms with E-state index in [1.165, 1.54) is 13.2 Å². The Kier molecular flexibility index (Phi) is 3.66. The molecule has 0 aliphatic heterocycles. The third-order valence-corrected chi connectivity index (χ3v) is 2.85. The van der Waals surface area contributed by atoms with Crippen molar-refractivity contribution in [2.45, 2.75) is 0 Å². The van der Waals surface area contributed by atoms with Gasteiger partial charge in [0.1, 0.15) is 0 Å². The number of aromatic hydroxyl groups is 1. The molecular weight excluding hydrogens is 240 g/mol. The molecule has 0 heterocycles. The number of rotatable bonds is 4. The van der Waals surface area contributed by atoms with Gasteiger partial charge in [-0.25, -0.2) is 0 Å². The minimum absolute atomic E-state index is 0.0876. The summed E-state index contributed by atoms with van der Waals surface area (Å²) in [6.07, 6.45) is 1.29. The number of carbonyl (C=O) groups excluding carboxylic acids is 1. The molecule has 0 atom stereocenters. The van der Waals surface area contributed by atoms with E-state index in [4.69, 9.17) is 4.74 Å². The van der Waals surface area contributed by atoms with Crippen molar-refractivity contribution in [2.24, 2.45) is 0 Å². The Morgan fingerprint density at radius 2 is 1.95 bits per heavy atom. The summed E-state index contributed by atoms with van der Waals surface area (Å²) in [5.41, 5.74) is 2.33. The summed E-state index contributed by atoms with van der Waals surface area (Å²) in [5.74, 6) is 0.370. The largest absolute Gasteiger partial charge is 0.504 e. The number of ketones is 1. The van der Waals surface area contributed by atoms with Crippen molar-refractivity contribution in [1.29, 1.82) is 0 Å². The number of carbonyl (C=O) groups is 1. The molecule has 0 aliphatic rings. The third kappa shape index (κ3) is 2.65. The Hall–Kier alpha value is -2.55. The molecule has 0 aromatic heterocycles. The number of benzene rings is 2. The molecule has 2 rings (SSSR count). The fourth-order valence-electron chi connectivity index (χ4n) is 1.83. The highest BCUT2D eigenvalue weighted by atomic mass is 16.5. The molecule has 1 N–H and O–H groups in total. The molecule has 0 amide bonds. The Morgan fingerprint density at radius 3 is 2.63 bits per heavy atom. The average molecular weight is 254 g/mol. The summed E-state index contributed by atoms with van der Waals surface area (Å²) in [5, 5.41) is 9.57. The number of ether oxygens (including phenoxy) is 1. The number of hydrogen-bond acceptors (Lipinski definition) is 3. The molecule has 96 valence electrons. The third-order valence-electron chi connectivity index (χ3n) is 2.85. The maximum Gasteiger partial charge on any atom is 0.185 e. The number of phenolic OH excluding ortho intramolecular Hbond substituents is 1. The highest BCUT2D eigenvalue weighted by molar-refractivity contribution is 6.04. The number of allylic oxidation sites excluding steroid dienone is 1. The lowest BCUT2D eigenvalue weighted by Gasteiger charge is -2.07. The first-order valence-corrected chi connectivity index (χ1v) is 5.80. The van der Waals surface area contributed by atoms with Crippen LogP contribution in [0.25, 0.3) is 11.1 Å². The molecule has 0 aliphatic carbocycles. The highest BCUT2D eigenvalue weighted by Crippen LogP contribution is 2.31. The van der Waals surface area contributed by atoms with Gasteiger partial charge in [0.15, 0.2) is 17.3 Å². The molecule has 2 aromatic rings. The van der Waals surface area contributed by atoms with Crippen LogP contribution in [0.4, 0.5) is 0 Å². The standard InChI is InChI=1S/C16H14O3/c1-3-14(17)13-6-4-5-11(9-13)12-7-8-15(18)16(10-12)19-2/h3-10,18H,1H2,2H3. The van der Waals surface area contributed by atoms with Gasteiger partial charge in [0, 0.05) is 5.56 Å². The van der Waals surface area contributed by atoms with Gasteiger partial charge < -0.3 is 9.84 Å². The molecule has 0 fully saturated rings. The second-order valence-corrected chi connectivity index (χ2v) is 4.04. The smallest absolute Gasteiger partial charge is 0.185 e. The Bertz CT molecular complexity index is 630. The lowest BCUT2D eigenvalue weighted by atomic mass is 10.0. The van der Waals surface area contributed by atoms with Crippen LogP contribution in [0.3, 0.4) is 0 Å². The predicted molar refractivity (Wildman–Crippen MR) is 74.6 cm³/mol. The summed E-state index contributed by atoms with van der Waals surface area (Å²) in [6, 6.07) is 12.3. The van der Waals surface area contributed by atoms with Crippen LogP contribution < -0.4 is 4.74 Å². The van der Waals surface area contributed by atoms with Crippen LogP contribution >= 0.6 is 0 Å². The maximum absolute atomic E-state index is 11.6. The minimum atomic E-state index is -0.118. The fraction of sp³-hybridized carbons (Fsp3) is 0.0625. The quantitative estimate of drug-likeness (QED) is 0.671. The van der Waals surface area contributed by atoms with Crippen LogP contribution in [0.15, 0.2) is 55.1 Å². The molecular formula is C16H14O3. The molecule has 0 saturated heterocycles. The van der Waals surface area contributed by atoms with Crippen molar-refractivity contribution in [2.75, 3.05) is 7.11 Å². The second kappa shape index (κ2) is 5.40. The van der Waals surface area contributed by atoms with Gasteiger partial charge in [-0.2, -0.15) is 0 Å². The van der Waals surface area contributed by atoms with Gasteiger partial charge in [-0.05, 0) is 35.4 Å². The Morgan fingerprint density at radius 1 is 1.21 bits per heavy atom. The average Bonchev–Trinajstić information content (AvgIpc) is 2.47. The van der Waals surface area contributed by atoms with E-state index in [9.17, 15) is 9.90 Å². The van der Waals surface area contributed by atoms with Crippen LogP contribution in [0.1, 0.15) is 10.4 Å². The topological polar surface area (TPSA) is 46.5 Å². The van der Waals surface area contributed by atoms with Crippen LogP contribution in [-0.2, 0) is 0 Å².